The van der Waals surface area contributed by atoms with Gasteiger partial charge in [-0.3, -0.25) is 28.8 Å². The first-order valence-corrected chi connectivity index (χ1v) is 46.9. The minimum absolute atomic E-state index is 0.00393. The highest BCUT2D eigenvalue weighted by Gasteiger charge is 2.59. The van der Waals surface area contributed by atoms with Crippen LogP contribution in [0.15, 0.2) is 112 Å². The molecule has 28 atom stereocenters. The summed E-state index contributed by atoms with van der Waals surface area (Å²) in [7, 11) is 12.8. The second-order valence-electron chi connectivity index (χ2n) is 38.4. The van der Waals surface area contributed by atoms with E-state index in [0.717, 1.165) is 11.1 Å². The summed E-state index contributed by atoms with van der Waals surface area (Å²) in [6.45, 7) is 26.9. The van der Waals surface area contributed by atoms with Crippen molar-refractivity contribution in [3.05, 3.63) is 108 Å². The Balaban J connectivity index is 0.000000321. The number of likely N-dealkylation sites (N-methyl/N-ethyl adjacent to an activating group) is 1. The quantitative estimate of drug-likeness (QED) is 0.0276. The van der Waals surface area contributed by atoms with E-state index in [9.17, 15) is 69.0 Å². The molecule has 4 bridgehead atoms. The van der Waals surface area contributed by atoms with Gasteiger partial charge >= 0.3 is 11.9 Å². The number of methoxy groups -OCH3 is 6. The van der Waals surface area contributed by atoms with Crippen LogP contribution in [0.2, 0.25) is 0 Å². The lowest BCUT2D eigenvalue weighted by Crippen LogP contribution is -2.64. The average Bonchev–Trinajstić information content (AvgIpc) is 0.760. The van der Waals surface area contributed by atoms with Crippen molar-refractivity contribution in [1.82, 2.24) is 25.6 Å². The number of Topliss-reactive ketones (excluding diaryl/α,β-unsaturated/α-hetero) is 2. The molecule has 728 valence electrons. The van der Waals surface area contributed by atoms with Gasteiger partial charge < -0.3 is 92.7 Å². The van der Waals surface area contributed by atoms with E-state index in [1.165, 1.54) is 38.2 Å². The number of hydrazone groups is 2. The third kappa shape index (κ3) is 28.3. The Morgan fingerprint density at radius 2 is 0.892 bits per heavy atom. The Bertz CT molecular complexity index is 4130. The van der Waals surface area contributed by atoms with Gasteiger partial charge in [0, 0.05) is 121 Å². The molecule has 6 aliphatic heterocycles. The van der Waals surface area contributed by atoms with E-state index in [-0.39, 0.29) is 106 Å². The van der Waals surface area contributed by atoms with Gasteiger partial charge in [0.15, 0.2) is 0 Å². The number of allylic oxidation sites excluding steroid dienone is 8. The summed E-state index contributed by atoms with van der Waals surface area (Å²) in [5.41, 5.74) is 10.1. The van der Waals surface area contributed by atoms with Crippen molar-refractivity contribution < 1.29 is 116 Å². The zero-order valence-corrected chi connectivity index (χ0v) is 80.2. The number of benzene rings is 1. The summed E-state index contributed by atoms with van der Waals surface area (Å²) in [5.74, 6) is -15.8. The number of nitrogens with one attached hydrogen (secondary N) is 2. The van der Waals surface area contributed by atoms with E-state index >= 15 is 0 Å². The number of amides is 4. The fraction of sp³-hybridized carbons (Fsp3) is 0.717. The Labute approximate surface area is 769 Å². The molecule has 0 aromatic heterocycles. The second-order valence-corrected chi connectivity index (χ2v) is 38.4. The topological polar surface area (TPSA) is 409 Å². The second kappa shape index (κ2) is 50.8. The molecule has 8 N–H and O–H groups in total. The Morgan fingerprint density at radius 3 is 1.26 bits per heavy atom. The lowest BCUT2D eigenvalue weighted by atomic mass is 9.81. The summed E-state index contributed by atoms with van der Waals surface area (Å²) in [4.78, 5) is 117. The number of ketones is 2. The first-order valence-electron chi connectivity index (χ1n) is 46.9. The first kappa shape index (κ1) is 108. The molecule has 1 aromatic carbocycles. The molecule has 2 saturated carbocycles. The van der Waals surface area contributed by atoms with Crippen LogP contribution in [0.1, 0.15) is 221 Å². The van der Waals surface area contributed by atoms with Gasteiger partial charge in [-0.15, -0.1) is 13.2 Å². The molecular weight excluding hydrogens is 1670 g/mol. The third-order valence-corrected chi connectivity index (χ3v) is 27.9. The fourth-order valence-electron chi connectivity index (χ4n) is 20.4. The number of carbonyl (C=O) groups is 8. The summed E-state index contributed by atoms with van der Waals surface area (Å²) < 4.78 is 60.3. The largest absolute Gasteiger partial charge is 0.456 e. The number of hydrogen-bond acceptors (Lipinski definition) is 27. The molecule has 130 heavy (non-hydrogen) atoms. The van der Waals surface area contributed by atoms with Crippen LogP contribution in [0.5, 0.6) is 0 Å². The van der Waals surface area contributed by atoms with E-state index < -0.39 is 168 Å². The molecule has 6 fully saturated rings. The summed E-state index contributed by atoms with van der Waals surface area (Å²) >= 11 is 0. The van der Waals surface area contributed by atoms with Crippen molar-refractivity contribution in [2.24, 2.45) is 69.4 Å². The van der Waals surface area contributed by atoms with Crippen LogP contribution < -0.4 is 10.9 Å². The van der Waals surface area contributed by atoms with Crippen LogP contribution in [-0.2, 0) is 80.9 Å². The number of aliphatic hydroxyl groups is 6. The molecule has 1 aromatic rings. The number of ether oxygens (including phenoxy) is 10. The van der Waals surface area contributed by atoms with Crippen molar-refractivity contribution in [2.45, 2.75) is 320 Å². The van der Waals surface area contributed by atoms with Gasteiger partial charge in [-0.05, 0) is 217 Å². The summed E-state index contributed by atoms with van der Waals surface area (Å²) in [5, 5.41) is 79.2. The van der Waals surface area contributed by atoms with Gasteiger partial charge in [-0.25, -0.2) is 20.4 Å². The molecule has 8 aliphatic rings. The molecule has 0 spiro atoms. The predicted molar refractivity (Wildman–Crippen MR) is 491 cm³/mol. The SMILES string of the molecule is C=CC[C@@H]1/C=C(\C)C[C@H](C)C[C@H](OC)[C@H]2O[C@@](O)(C(=O)C(=O)N3CCCC[C@H]3C(=O)O[C@H](/C(C)=C/C3CC[C@@H](O)[C@H](OC)C3)[C@H](C)[C@@H](O)C/C1=N/NC(=O)CN(C)C)[C@H](C)C[C@@H]2OC.C=CC[C@@H]1/C=C(\C)C[C@H](C)C[C@H](OC)[C@H]2O[C@@](O)(C(=O)C(=O)N3CCCC[C@H]3C(=O)O[C@H](/C(C)=C/C3CC[C@@H](O)[C@H](OC)C3)[C@H](C)[C@@H](O)C/C1=N/NC(=O)c1ccccc1)[C@H](C)C[C@@H]2OC. The normalized spacial score (nSPS) is 37.9. The minimum Gasteiger partial charge on any atom is -0.456 e. The molecule has 2 aliphatic carbocycles. The van der Waals surface area contributed by atoms with E-state index in [2.05, 4.69) is 60.2 Å². The number of carbonyl (C=O) groups excluding carboxylic acids is 8. The van der Waals surface area contributed by atoms with Crippen LogP contribution in [0, 0.1) is 59.2 Å². The van der Waals surface area contributed by atoms with Gasteiger partial charge in [0.25, 0.3) is 35.2 Å². The van der Waals surface area contributed by atoms with Gasteiger partial charge in [0.05, 0.1) is 67.6 Å². The van der Waals surface area contributed by atoms with Crippen LogP contribution in [0.3, 0.4) is 0 Å². The van der Waals surface area contributed by atoms with Crippen molar-refractivity contribution in [3.63, 3.8) is 0 Å². The van der Waals surface area contributed by atoms with Gasteiger partial charge in [-0.2, -0.15) is 10.2 Å². The first-order chi connectivity index (χ1) is 61.7. The highest BCUT2D eigenvalue weighted by molar-refractivity contribution is 6.39. The molecule has 4 saturated heterocycles. The monoisotopic (exact) mass is 1820 g/mol. The Morgan fingerprint density at radius 1 is 0.515 bits per heavy atom. The van der Waals surface area contributed by atoms with Crippen molar-refractivity contribution in [3.8, 4) is 0 Å². The maximum Gasteiger partial charge on any atom is 0.329 e. The Kier molecular flexibility index (Phi) is 42.1. The molecular formula is C99H153N7O24. The minimum atomic E-state index is -2.53. The lowest BCUT2D eigenvalue weighted by molar-refractivity contribution is -0.302. The van der Waals surface area contributed by atoms with Gasteiger partial charge in [0.2, 0.25) is 11.6 Å². The van der Waals surface area contributed by atoms with E-state index in [0.29, 0.717) is 131 Å². The maximum atomic E-state index is 14.6. The molecule has 31 nitrogen and oxygen atoms in total. The van der Waals surface area contributed by atoms with E-state index in [1.807, 2.05) is 45.9 Å². The van der Waals surface area contributed by atoms with Gasteiger partial charge in [-0.1, -0.05) is 107 Å². The molecule has 6 heterocycles. The highest BCUT2D eigenvalue weighted by Crippen LogP contribution is 2.43. The third-order valence-electron chi connectivity index (χ3n) is 27.9. The number of cyclic esters (lactones) is 2. The van der Waals surface area contributed by atoms with Crippen LogP contribution in [0.25, 0.3) is 0 Å². The zero-order chi connectivity index (χ0) is 95.8. The van der Waals surface area contributed by atoms with Crippen LogP contribution in [-0.4, -0.2) is 289 Å². The molecule has 2 unspecified atom stereocenters. The number of nitrogens with zero attached hydrogens (tertiary/aromatic N) is 5. The Hall–Kier alpha value is -7.44. The summed E-state index contributed by atoms with van der Waals surface area (Å²) in [6, 6.07) is 6.38. The number of hydrogen-bond donors (Lipinski definition) is 8. The average molecular weight is 1830 g/mol. The highest BCUT2D eigenvalue weighted by atomic mass is 16.7. The predicted octanol–water partition coefficient (Wildman–Crippen LogP) is 9.96. The lowest BCUT2D eigenvalue weighted by Gasteiger charge is -2.47. The molecule has 31 heteroatoms. The molecule has 9 rings (SSSR count). The maximum absolute atomic E-state index is 14.6. The zero-order valence-electron chi connectivity index (χ0n) is 80.2. The fourth-order valence-corrected chi connectivity index (χ4v) is 20.4. The number of fused-ring (bicyclic) bond motifs is 6. The number of aliphatic hydroxyl groups excluding tert-OH is 4. The van der Waals surface area contributed by atoms with E-state index in [1.54, 1.807) is 97.3 Å². The van der Waals surface area contributed by atoms with Crippen molar-refractivity contribution in [1.29, 1.82) is 0 Å². The smallest absolute Gasteiger partial charge is 0.329 e. The number of rotatable bonds is 19. The number of esters is 2. The molecule has 4 amide bonds. The van der Waals surface area contributed by atoms with Crippen LogP contribution >= 0.6 is 0 Å². The molecule has 0 radical (unpaired) electrons. The van der Waals surface area contributed by atoms with Crippen molar-refractivity contribution >= 4 is 58.6 Å². The standard InChI is InChI=1S/C51H75N3O12.C48H78N4O12/c1-10-16-37-24-30(2)23-31(3)25-43(63-8)46-44(64-9)27-33(5)51(61,66-46)47(57)49(59)54-22-15-14-19-39(54)50(60)65-45(32(4)26-35-20-21-40(55)42(28-35)62-7)34(6)41(56)29-38(37)52-53-48(58)36-17-12-11-13-18-36;1-12-15-34-21-28(2)20-29(3)22-40(61-10)44-41(62-11)24-31(5)48(59,64-44)45(56)46(57)52-19-14-13-16-36(52)47(58)63-43(30(4)23-33-17-18-37(53)39(25-33)60-9)32(6)38(54)26-35(34)49-50-42(55)27-51(7)8/h10-13,17-18,24,26,31,33-35,37,39-46,55-56,61H,1,14-16,19-23,25,27-29H2,2-9H3,(H,53,58);12,21,23,29,31-34,36-41,43-44,53-54,59H,1,13-20,22,24-27H2,2-11H3,(H,50,55)/b30-24+,32-26+,52-38-;28-21+,30-23+,49-35-/t31-,33+,34+,35?,37+,39-,40+,41-,42+,43-,44-,45+,46+,51+;29-,31+,32+,33?,34+,36-,37+,38-,39+,40-,41-,43+,44+,48+/m00/s1. The van der Waals surface area contributed by atoms with Crippen LogP contribution in [0.4, 0.5) is 0 Å². The number of piperidine rings is 2. The van der Waals surface area contributed by atoms with Crippen molar-refractivity contribution in [2.75, 3.05) is 76.4 Å². The summed E-state index contributed by atoms with van der Waals surface area (Å²) in [6.07, 6.45) is 10.5. The van der Waals surface area contributed by atoms with Gasteiger partial charge in [0.1, 0.15) is 36.5 Å². The van der Waals surface area contributed by atoms with E-state index in [4.69, 9.17) is 47.4 Å².